The van der Waals surface area contributed by atoms with E-state index in [-0.39, 0.29) is 24.5 Å². The number of aryl methyl sites for hydroxylation is 1. The van der Waals surface area contributed by atoms with Crippen molar-refractivity contribution in [2.75, 3.05) is 19.0 Å². The molecule has 1 aromatic rings. The quantitative estimate of drug-likeness (QED) is 0.863. The van der Waals surface area contributed by atoms with Crippen molar-refractivity contribution in [2.24, 2.45) is 0 Å². The summed E-state index contributed by atoms with van der Waals surface area (Å²) in [5, 5.41) is 12.1. The van der Waals surface area contributed by atoms with Gasteiger partial charge in [-0.15, -0.1) is 0 Å². The maximum absolute atomic E-state index is 12.7. The molecule has 2 aliphatic heterocycles. The van der Waals surface area contributed by atoms with Gasteiger partial charge in [-0.25, -0.2) is 4.79 Å². The number of hydrogen-bond acceptors (Lipinski definition) is 4. The second kappa shape index (κ2) is 6.00. The molecule has 0 spiro atoms. The van der Waals surface area contributed by atoms with Crippen molar-refractivity contribution in [1.82, 2.24) is 4.90 Å². The first-order chi connectivity index (χ1) is 11.0. The second-order valence-corrected chi connectivity index (χ2v) is 5.83. The lowest BCUT2D eigenvalue weighted by Crippen LogP contribution is -2.40. The van der Waals surface area contributed by atoms with Gasteiger partial charge >= 0.3 is 5.97 Å². The minimum Gasteiger partial charge on any atom is -0.480 e. The van der Waals surface area contributed by atoms with Gasteiger partial charge in [0.2, 0.25) is 5.91 Å². The molecule has 2 aliphatic rings. The zero-order valence-corrected chi connectivity index (χ0v) is 12.7. The Balaban J connectivity index is 1.85. The van der Waals surface area contributed by atoms with E-state index >= 15 is 0 Å². The molecule has 2 N–H and O–H groups in total. The Morgan fingerprint density at radius 1 is 1.35 bits per heavy atom. The highest BCUT2D eigenvalue weighted by Crippen LogP contribution is 2.27. The first-order valence-corrected chi connectivity index (χ1v) is 7.49. The monoisotopic (exact) mass is 318 g/mol. The Labute approximate surface area is 133 Å². The minimum absolute atomic E-state index is 0.0370. The van der Waals surface area contributed by atoms with Crippen molar-refractivity contribution in [3.05, 3.63) is 29.3 Å². The number of anilines is 1. The molecule has 0 aliphatic carbocycles. The van der Waals surface area contributed by atoms with Crippen LogP contribution in [-0.4, -0.2) is 53.6 Å². The van der Waals surface area contributed by atoms with Crippen LogP contribution in [0.25, 0.3) is 0 Å². The SMILES string of the molecule is COC1CC(C(=O)O)N(C(=O)c2ccc3c(c2)CCC(=O)N3)C1. The van der Waals surface area contributed by atoms with Crippen LogP contribution in [0.5, 0.6) is 0 Å². The summed E-state index contributed by atoms with van der Waals surface area (Å²) in [6.45, 7) is 0.264. The number of rotatable bonds is 3. The Morgan fingerprint density at radius 3 is 2.83 bits per heavy atom. The summed E-state index contributed by atoms with van der Waals surface area (Å²) in [6, 6.07) is 4.17. The van der Waals surface area contributed by atoms with Crippen LogP contribution in [0.3, 0.4) is 0 Å². The number of nitrogens with one attached hydrogen (secondary N) is 1. The van der Waals surface area contributed by atoms with Crippen molar-refractivity contribution in [3.63, 3.8) is 0 Å². The Morgan fingerprint density at radius 2 is 2.13 bits per heavy atom. The fourth-order valence-electron chi connectivity index (χ4n) is 3.11. The molecule has 1 saturated heterocycles. The lowest BCUT2D eigenvalue weighted by Gasteiger charge is -2.23. The van der Waals surface area contributed by atoms with Gasteiger partial charge in [0.1, 0.15) is 6.04 Å². The number of fused-ring (bicyclic) bond motifs is 1. The minimum atomic E-state index is -1.02. The number of ether oxygens (including phenoxy) is 1. The number of likely N-dealkylation sites (tertiary alicyclic amines) is 1. The van der Waals surface area contributed by atoms with E-state index in [0.29, 0.717) is 30.5 Å². The molecule has 1 aromatic carbocycles. The van der Waals surface area contributed by atoms with Crippen LogP contribution in [0.2, 0.25) is 0 Å². The summed E-state index contributed by atoms with van der Waals surface area (Å²) in [6.07, 6.45) is 0.985. The Hall–Kier alpha value is -2.41. The van der Waals surface area contributed by atoms with E-state index in [9.17, 15) is 19.5 Å². The molecule has 3 rings (SSSR count). The lowest BCUT2D eigenvalue weighted by molar-refractivity contribution is -0.141. The predicted octanol–water partition coefficient (Wildman–Crippen LogP) is 0.885. The number of carboxylic acids is 1. The van der Waals surface area contributed by atoms with Crippen molar-refractivity contribution in [1.29, 1.82) is 0 Å². The summed E-state index contributed by atoms with van der Waals surface area (Å²) in [4.78, 5) is 36.8. The van der Waals surface area contributed by atoms with Crippen LogP contribution < -0.4 is 5.32 Å². The van der Waals surface area contributed by atoms with Gasteiger partial charge in [-0.05, 0) is 30.2 Å². The van der Waals surface area contributed by atoms with Gasteiger partial charge in [0.05, 0.1) is 6.10 Å². The molecule has 0 radical (unpaired) electrons. The van der Waals surface area contributed by atoms with E-state index < -0.39 is 12.0 Å². The average Bonchev–Trinajstić information content (AvgIpc) is 2.98. The molecule has 23 heavy (non-hydrogen) atoms. The number of amides is 2. The van der Waals surface area contributed by atoms with Gasteiger partial charge in [0.25, 0.3) is 5.91 Å². The number of carbonyl (C=O) groups is 3. The van der Waals surface area contributed by atoms with Crippen molar-refractivity contribution in [3.8, 4) is 0 Å². The number of methoxy groups -OCH3 is 1. The third kappa shape index (κ3) is 2.92. The highest BCUT2D eigenvalue weighted by Gasteiger charge is 2.40. The topological polar surface area (TPSA) is 95.9 Å². The fraction of sp³-hybridized carbons (Fsp3) is 0.438. The first-order valence-electron chi connectivity index (χ1n) is 7.49. The van der Waals surface area contributed by atoms with Crippen molar-refractivity contribution < 1.29 is 24.2 Å². The Kier molecular flexibility index (Phi) is 4.04. The van der Waals surface area contributed by atoms with Crippen LogP contribution in [0.1, 0.15) is 28.8 Å². The zero-order valence-electron chi connectivity index (χ0n) is 12.7. The van der Waals surface area contributed by atoms with Gasteiger partial charge in [0.15, 0.2) is 0 Å². The maximum atomic E-state index is 12.7. The predicted molar refractivity (Wildman–Crippen MR) is 81.3 cm³/mol. The molecular weight excluding hydrogens is 300 g/mol. The molecule has 2 amide bonds. The maximum Gasteiger partial charge on any atom is 0.326 e. The number of nitrogens with zero attached hydrogens (tertiary/aromatic N) is 1. The van der Waals surface area contributed by atoms with Crippen LogP contribution in [0.15, 0.2) is 18.2 Å². The third-order valence-electron chi connectivity index (χ3n) is 4.39. The van der Waals surface area contributed by atoms with E-state index in [2.05, 4.69) is 5.32 Å². The van der Waals surface area contributed by atoms with Crippen LogP contribution in [0, 0.1) is 0 Å². The molecule has 2 unspecified atom stereocenters. The number of benzene rings is 1. The fourth-order valence-corrected chi connectivity index (χ4v) is 3.11. The summed E-state index contributed by atoms with van der Waals surface area (Å²) in [5.41, 5.74) is 2.04. The zero-order chi connectivity index (χ0) is 16.6. The van der Waals surface area contributed by atoms with E-state index in [1.807, 2.05) is 0 Å². The molecule has 0 saturated carbocycles. The lowest BCUT2D eigenvalue weighted by atomic mass is 10.00. The summed E-state index contributed by atoms with van der Waals surface area (Å²) < 4.78 is 5.21. The largest absolute Gasteiger partial charge is 0.480 e. The summed E-state index contributed by atoms with van der Waals surface area (Å²) in [7, 11) is 1.51. The van der Waals surface area contributed by atoms with E-state index in [1.54, 1.807) is 18.2 Å². The second-order valence-electron chi connectivity index (χ2n) is 5.83. The molecule has 0 aromatic heterocycles. The molecule has 7 heteroatoms. The van der Waals surface area contributed by atoms with Gasteiger partial charge in [-0.3, -0.25) is 9.59 Å². The van der Waals surface area contributed by atoms with Crippen molar-refractivity contribution in [2.45, 2.75) is 31.4 Å². The normalized spacial score (nSPS) is 23.3. The summed E-state index contributed by atoms with van der Waals surface area (Å²) >= 11 is 0. The number of carboxylic acid groups (broad SMARTS) is 1. The molecular formula is C16H18N2O5. The Bertz CT molecular complexity index is 672. The van der Waals surface area contributed by atoms with E-state index in [1.165, 1.54) is 12.0 Å². The standard InChI is InChI=1S/C16H18N2O5/c1-23-11-7-13(16(21)22)18(8-11)15(20)10-2-4-12-9(6-10)3-5-14(19)17-12/h2,4,6,11,13H,3,5,7-8H2,1H3,(H,17,19)(H,21,22). The number of hydrogen-bond donors (Lipinski definition) is 2. The third-order valence-corrected chi connectivity index (χ3v) is 4.39. The van der Waals surface area contributed by atoms with Gasteiger partial charge in [0, 0.05) is 37.7 Å². The summed E-state index contributed by atoms with van der Waals surface area (Å²) in [5.74, 6) is -1.38. The molecule has 2 atom stereocenters. The van der Waals surface area contributed by atoms with Gasteiger partial charge in [-0.1, -0.05) is 0 Å². The van der Waals surface area contributed by atoms with E-state index in [0.717, 1.165) is 5.56 Å². The van der Waals surface area contributed by atoms with E-state index in [4.69, 9.17) is 4.74 Å². The average molecular weight is 318 g/mol. The van der Waals surface area contributed by atoms with Gasteiger partial charge < -0.3 is 20.1 Å². The van der Waals surface area contributed by atoms with Crippen LogP contribution >= 0.6 is 0 Å². The van der Waals surface area contributed by atoms with Crippen molar-refractivity contribution >= 4 is 23.5 Å². The van der Waals surface area contributed by atoms with Gasteiger partial charge in [-0.2, -0.15) is 0 Å². The molecule has 2 heterocycles. The number of carbonyl (C=O) groups excluding carboxylic acids is 2. The van der Waals surface area contributed by atoms with Crippen LogP contribution in [-0.2, 0) is 20.7 Å². The van der Waals surface area contributed by atoms with Crippen LogP contribution in [0.4, 0.5) is 5.69 Å². The highest BCUT2D eigenvalue weighted by molar-refractivity contribution is 5.99. The molecule has 0 bridgehead atoms. The molecule has 1 fully saturated rings. The number of aliphatic carboxylic acids is 1. The molecule has 7 nitrogen and oxygen atoms in total. The first kappa shape index (κ1) is 15.5. The highest BCUT2D eigenvalue weighted by atomic mass is 16.5. The smallest absolute Gasteiger partial charge is 0.326 e. The molecule has 122 valence electrons.